The van der Waals surface area contributed by atoms with E-state index in [9.17, 15) is 9.59 Å². The summed E-state index contributed by atoms with van der Waals surface area (Å²) in [5, 5.41) is 2.28. The van der Waals surface area contributed by atoms with Gasteiger partial charge in [-0.15, -0.1) is 0 Å². The lowest BCUT2D eigenvalue weighted by molar-refractivity contribution is -0.118. The van der Waals surface area contributed by atoms with Gasteiger partial charge in [-0.25, -0.2) is 4.79 Å². The molecule has 12 heavy (non-hydrogen) atoms. The van der Waals surface area contributed by atoms with Gasteiger partial charge in [0.15, 0.2) is 0 Å². The molecule has 2 rings (SSSR count). The average Bonchev–Trinajstić information content (AvgIpc) is 2.23. The normalized spacial score (nSPS) is 34.9. The fourth-order valence-electron chi connectivity index (χ4n) is 1.87. The van der Waals surface area contributed by atoms with Gasteiger partial charge >= 0.3 is 6.03 Å². The van der Waals surface area contributed by atoms with Crippen molar-refractivity contribution in [3.05, 3.63) is 0 Å². The summed E-state index contributed by atoms with van der Waals surface area (Å²) in [5.41, 5.74) is 0. The highest BCUT2D eigenvalue weighted by molar-refractivity contribution is 6.02. The molecule has 1 saturated heterocycles. The van der Waals surface area contributed by atoms with E-state index in [0.717, 1.165) is 12.8 Å². The van der Waals surface area contributed by atoms with Crippen molar-refractivity contribution in [3.63, 3.8) is 0 Å². The summed E-state index contributed by atoms with van der Waals surface area (Å²) in [6.45, 7) is 2.42. The molecule has 1 heterocycles. The van der Waals surface area contributed by atoms with Crippen LogP contribution in [0, 0.1) is 5.92 Å². The minimum atomic E-state index is -0.211. The van der Waals surface area contributed by atoms with Gasteiger partial charge in [0, 0.05) is 6.04 Å². The van der Waals surface area contributed by atoms with E-state index in [4.69, 9.17) is 0 Å². The number of nitrogens with zero attached hydrogens (tertiary/aromatic N) is 1. The summed E-state index contributed by atoms with van der Waals surface area (Å²) < 4.78 is 0. The molecular formula is C8H12N2O2. The number of imide groups is 1. The van der Waals surface area contributed by atoms with E-state index >= 15 is 0 Å². The van der Waals surface area contributed by atoms with Crippen LogP contribution in [0.2, 0.25) is 0 Å². The van der Waals surface area contributed by atoms with Gasteiger partial charge in [0.2, 0.25) is 5.91 Å². The summed E-state index contributed by atoms with van der Waals surface area (Å²) in [5.74, 6) is 0.540. The molecule has 1 aliphatic carbocycles. The zero-order valence-electron chi connectivity index (χ0n) is 7.04. The SMILES string of the molecule is CC1CC(N2CC(=O)NC2=O)C1. The molecule has 0 aromatic heterocycles. The molecule has 2 fully saturated rings. The monoisotopic (exact) mass is 168 g/mol. The van der Waals surface area contributed by atoms with Crippen LogP contribution < -0.4 is 5.32 Å². The van der Waals surface area contributed by atoms with Gasteiger partial charge in [-0.3, -0.25) is 10.1 Å². The van der Waals surface area contributed by atoms with Crippen LogP contribution >= 0.6 is 0 Å². The maximum atomic E-state index is 11.1. The summed E-state index contributed by atoms with van der Waals surface area (Å²) in [6, 6.07) is 0.100. The smallest absolute Gasteiger partial charge is 0.312 e. The zero-order chi connectivity index (χ0) is 8.72. The Morgan fingerprint density at radius 2 is 2.08 bits per heavy atom. The number of hydrogen-bond donors (Lipinski definition) is 1. The Bertz CT molecular complexity index is 233. The first kappa shape index (κ1) is 7.58. The first-order valence-corrected chi connectivity index (χ1v) is 4.27. The second-order valence-corrected chi connectivity index (χ2v) is 3.71. The third-order valence-corrected chi connectivity index (χ3v) is 2.61. The molecule has 4 heteroatoms. The fraction of sp³-hybridized carbons (Fsp3) is 0.750. The molecule has 3 amide bonds. The molecule has 66 valence electrons. The predicted molar refractivity (Wildman–Crippen MR) is 42.4 cm³/mol. The lowest BCUT2D eigenvalue weighted by atomic mass is 9.81. The third-order valence-electron chi connectivity index (χ3n) is 2.61. The Kier molecular flexibility index (Phi) is 1.56. The number of urea groups is 1. The molecule has 0 bridgehead atoms. The number of carbonyl (C=O) groups excluding carboxylic acids is 2. The topological polar surface area (TPSA) is 49.4 Å². The molecule has 2 aliphatic rings. The molecule has 1 saturated carbocycles. The van der Waals surface area contributed by atoms with Crippen molar-refractivity contribution >= 4 is 11.9 Å². The first-order valence-electron chi connectivity index (χ1n) is 4.27. The van der Waals surface area contributed by atoms with Gasteiger partial charge < -0.3 is 4.90 Å². The van der Waals surface area contributed by atoms with E-state index in [-0.39, 0.29) is 18.5 Å². The van der Waals surface area contributed by atoms with Gasteiger partial charge in [-0.05, 0) is 18.8 Å². The molecule has 0 aromatic rings. The first-order chi connectivity index (χ1) is 5.66. The van der Waals surface area contributed by atoms with Gasteiger partial charge in [-0.1, -0.05) is 6.92 Å². The summed E-state index contributed by atoms with van der Waals surface area (Å²) in [7, 11) is 0. The maximum Gasteiger partial charge on any atom is 0.324 e. The maximum absolute atomic E-state index is 11.1. The Balaban J connectivity index is 1.97. The minimum absolute atomic E-state index is 0.167. The Morgan fingerprint density at radius 1 is 1.42 bits per heavy atom. The zero-order valence-corrected chi connectivity index (χ0v) is 7.04. The van der Waals surface area contributed by atoms with E-state index < -0.39 is 0 Å². The van der Waals surface area contributed by atoms with Crippen molar-refractivity contribution < 1.29 is 9.59 Å². The molecule has 1 N–H and O–H groups in total. The van der Waals surface area contributed by atoms with Gasteiger partial charge in [0.05, 0.1) is 0 Å². The van der Waals surface area contributed by atoms with E-state index in [2.05, 4.69) is 12.2 Å². The standard InChI is InChI=1S/C8H12N2O2/c1-5-2-6(3-5)10-4-7(11)9-8(10)12/h5-6H,2-4H2,1H3,(H,9,11,12). The van der Waals surface area contributed by atoms with Crippen molar-refractivity contribution in [1.82, 2.24) is 10.2 Å². The van der Waals surface area contributed by atoms with E-state index in [1.165, 1.54) is 0 Å². The Labute approximate surface area is 70.9 Å². The van der Waals surface area contributed by atoms with Crippen LogP contribution in [0.3, 0.4) is 0 Å². The van der Waals surface area contributed by atoms with Crippen LogP contribution in [-0.2, 0) is 4.79 Å². The predicted octanol–water partition coefficient (Wildman–Crippen LogP) is 0.337. The van der Waals surface area contributed by atoms with Crippen molar-refractivity contribution in [1.29, 1.82) is 0 Å². The third kappa shape index (κ3) is 1.07. The molecule has 0 unspecified atom stereocenters. The number of amides is 3. The number of hydrogen-bond acceptors (Lipinski definition) is 2. The van der Waals surface area contributed by atoms with Gasteiger partial charge in [0.1, 0.15) is 6.54 Å². The minimum Gasteiger partial charge on any atom is -0.312 e. The van der Waals surface area contributed by atoms with Crippen LogP contribution in [-0.4, -0.2) is 29.4 Å². The number of carbonyl (C=O) groups is 2. The number of nitrogens with one attached hydrogen (secondary N) is 1. The Morgan fingerprint density at radius 3 is 2.50 bits per heavy atom. The van der Waals surface area contributed by atoms with Crippen LogP contribution in [0.15, 0.2) is 0 Å². The van der Waals surface area contributed by atoms with Crippen LogP contribution in [0.25, 0.3) is 0 Å². The van der Waals surface area contributed by atoms with Crippen molar-refractivity contribution in [2.24, 2.45) is 5.92 Å². The number of rotatable bonds is 1. The highest BCUT2D eigenvalue weighted by atomic mass is 16.2. The summed E-state index contributed by atoms with van der Waals surface area (Å²) in [6.07, 6.45) is 2.08. The molecule has 0 radical (unpaired) electrons. The average molecular weight is 168 g/mol. The van der Waals surface area contributed by atoms with Crippen LogP contribution in [0.1, 0.15) is 19.8 Å². The van der Waals surface area contributed by atoms with Gasteiger partial charge in [0.25, 0.3) is 0 Å². The van der Waals surface area contributed by atoms with E-state index in [1.54, 1.807) is 4.90 Å². The highest BCUT2D eigenvalue weighted by Crippen LogP contribution is 2.31. The molecule has 1 aliphatic heterocycles. The van der Waals surface area contributed by atoms with E-state index in [0.29, 0.717) is 12.0 Å². The lowest BCUT2D eigenvalue weighted by Crippen LogP contribution is -2.45. The quantitative estimate of drug-likeness (QED) is 0.574. The van der Waals surface area contributed by atoms with Crippen LogP contribution in [0.4, 0.5) is 4.79 Å². The second-order valence-electron chi connectivity index (χ2n) is 3.71. The van der Waals surface area contributed by atoms with E-state index in [1.807, 2.05) is 0 Å². The Hall–Kier alpha value is -1.06. The fourth-order valence-corrected chi connectivity index (χ4v) is 1.87. The lowest BCUT2D eigenvalue weighted by Gasteiger charge is -2.38. The second kappa shape index (κ2) is 2.47. The highest BCUT2D eigenvalue weighted by Gasteiger charge is 2.38. The molecule has 0 aromatic carbocycles. The summed E-state index contributed by atoms with van der Waals surface area (Å²) >= 11 is 0. The molecule has 0 spiro atoms. The largest absolute Gasteiger partial charge is 0.324 e. The molecule has 0 atom stereocenters. The van der Waals surface area contributed by atoms with Gasteiger partial charge in [-0.2, -0.15) is 0 Å². The molecule has 4 nitrogen and oxygen atoms in total. The summed E-state index contributed by atoms with van der Waals surface area (Å²) in [4.78, 5) is 23.6. The van der Waals surface area contributed by atoms with Crippen molar-refractivity contribution in [2.45, 2.75) is 25.8 Å². The van der Waals surface area contributed by atoms with Crippen molar-refractivity contribution in [2.75, 3.05) is 6.54 Å². The van der Waals surface area contributed by atoms with Crippen LogP contribution in [0.5, 0.6) is 0 Å². The molecular weight excluding hydrogens is 156 g/mol. The van der Waals surface area contributed by atoms with Crippen molar-refractivity contribution in [3.8, 4) is 0 Å².